The molecule has 1 fully saturated rings. The normalized spacial score (nSPS) is 18.6. The fourth-order valence-corrected chi connectivity index (χ4v) is 2.99. The average molecular weight is 329 g/mol. The van der Waals surface area contributed by atoms with Crippen LogP contribution in [0.5, 0.6) is 5.75 Å². The van der Waals surface area contributed by atoms with Crippen LogP contribution in [0.15, 0.2) is 34.9 Å². The number of likely N-dealkylation sites (N-methyl/N-ethyl adjacent to an activating group) is 1. The summed E-state index contributed by atoms with van der Waals surface area (Å²) in [6.07, 6.45) is 0.734. The summed E-state index contributed by atoms with van der Waals surface area (Å²) in [6.45, 7) is 4.12. The number of methoxy groups -OCH3 is 1. The third-order valence-corrected chi connectivity index (χ3v) is 4.56. The Labute approximate surface area is 142 Å². The average Bonchev–Trinajstić information content (AvgIpc) is 3.11. The molecule has 6 nitrogen and oxygen atoms in total. The maximum Gasteiger partial charge on any atom is 0.276 e. The SMILES string of the molecule is CCc1cc(C(=O)N2CCN(C)C(c3ccc(OC)cc3)C2)no1. The summed E-state index contributed by atoms with van der Waals surface area (Å²) in [6, 6.07) is 9.91. The van der Waals surface area contributed by atoms with E-state index in [-0.39, 0.29) is 11.9 Å². The number of piperazine rings is 1. The Balaban J connectivity index is 1.75. The number of benzene rings is 1. The van der Waals surface area contributed by atoms with Gasteiger partial charge in [0, 0.05) is 32.1 Å². The number of aryl methyl sites for hydroxylation is 1. The van der Waals surface area contributed by atoms with Crippen molar-refractivity contribution in [2.75, 3.05) is 33.8 Å². The molecule has 24 heavy (non-hydrogen) atoms. The van der Waals surface area contributed by atoms with Crippen LogP contribution in [0.4, 0.5) is 0 Å². The molecule has 0 aliphatic carbocycles. The number of aromatic nitrogens is 1. The van der Waals surface area contributed by atoms with Gasteiger partial charge in [0.25, 0.3) is 5.91 Å². The van der Waals surface area contributed by atoms with E-state index >= 15 is 0 Å². The van der Waals surface area contributed by atoms with Crippen LogP contribution >= 0.6 is 0 Å². The van der Waals surface area contributed by atoms with Crippen molar-refractivity contribution in [2.24, 2.45) is 0 Å². The fraction of sp³-hybridized carbons (Fsp3) is 0.444. The van der Waals surface area contributed by atoms with Gasteiger partial charge in [0.15, 0.2) is 5.69 Å². The summed E-state index contributed by atoms with van der Waals surface area (Å²) in [7, 11) is 3.74. The van der Waals surface area contributed by atoms with Crippen LogP contribution in [0.2, 0.25) is 0 Å². The Kier molecular flexibility index (Phi) is 4.85. The molecule has 0 bridgehead atoms. The van der Waals surface area contributed by atoms with E-state index in [1.54, 1.807) is 13.2 Å². The lowest BCUT2D eigenvalue weighted by Crippen LogP contribution is -2.49. The topological polar surface area (TPSA) is 58.8 Å². The van der Waals surface area contributed by atoms with Gasteiger partial charge in [-0.2, -0.15) is 0 Å². The first kappa shape index (κ1) is 16.5. The van der Waals surface area contributed by atoms with Crippen molar-refractivity contribution in [3.05, 3.63) is 47.3 Å². The highest BCUT2D eigenvalue weighted by molar-refractivity contribution is 5.92. The first-order chi connectivity index (χ1) is 11.6. The maximum atomic E-state index is 12.7. The molecule has 1 aromatic carbocycles. The number of ether oxygens (including phenoxy) is 1. The van der Waals surface area contributed by atoms with Gasteiger partial charge in [-0.15, -0.1) is 0 Å². The number of nitrogens with zero attached hydrogens (tertiary/aromatic N) is 3. The highest BCUT2D eigenvalue weighted by Crippen LogP contribution is 2.26. The zero-order valence-corrected chi connectivity index (χ0v) is 14.4. The second-order valence-corrected chi connectivity index (χ2v) is 6.05. The molecule has 1 unspecified atom stereocenters. The van der Waals surface area contributed by atoms with Crippen molar-refractivity contribution in [2.45, 2.75) is 19.4 Å². The van der Waals surface area contributed by atoms with Gasteiger partial charge in [0.2, 0.25) is 0 Å². The Hall–Kier alpha value is -2.34. The van der Waals surface area contributed by atoms with E-state index in [0.29, 0.717) is 18.8 Å². The molecule has 0 saturated carbocycles. The summed E-state index contributed by atoms with van der Waals surface area (Å²) in [4.78, 5) is 16.8. The molecule has 0 N–H and O–H groups in total. The van der Waals surface area contributed by atoms with Crippen LogP contribution in [0.3, 0.4) is 0 Å². The quantitative estimate of drug-likeness (QED) is 0.862. The lowest BCUT2D eigenvalue weighted by atomic mass is 10.0. The zero-order chi connectivity index (χ0) is 17.1. The van der Waals surface area contributed by atoms with Crippen LogP contribution in [-0.4, -0.2) is 54.7 Å². The van der Waals surface area contributed by atoms with Gasteiger partial charge in [-0.3, -0.25) is 9.69 Å². The number of amides is 1. The van der Waals surface area contributed by atoms with Gasteiger partial charge < -0.3 is 14.2 Å². The lowest BCUT2D eigenvalue weighted by Gasteiger charge is -2.39. The van der Waals surface area contributed by atoms with E-state index in [1.165, 1.54) is 5.56 Å². The Morgan fingerprint density at radius 1 is 1.33 bits per heavy atom. The monoisotopic (exact) mass is 329 g/mol. The molecule has 1 saturated heterocycles. The molecule has 1 amide bonds. The number of carbonyl (C=O) groups is 1. The molecular formula is C18H23N3O3. The van der Waals surface area contributed by atoms with E-state index in [9.17, 15) is 4.79 Å². The molecule has 6 heteroatoms. The minimum absolute atomic E-state index is 0.0648. The predicted molar refractivity (Wildman–Crippen MR) is 90.1 cm³/mol. The minimum atomic E-state index is -0.0648. The Morgan fingerprint density at radius 2 is 2.08 bits per heavy atom. The summed E-state index contributed by atoms with van der Waals surface area (Å²) in [5.41, 5.74) is 1.56. The third-order valence-electron chi connectivity index (χ3n) is 4.56. The van der Waals surface area contributed by atoms with Crippen LogP contribution in [0, 0.1) is 0 Å². The number of hydrogen-bond donors (Lipinski definition) is 0. The highest BCUT2D eigenvalue weighted by atomic mass is 16.5. The van der Waals surface area contributed by atoms with Gasteiger partial charge in [-0.1, -0.05) is 24.2 Å². The molecule has 0 spiro atoms. The number of carbonyl (C=O) groups excluding carboxylic acids is 1. The molecule has 2 aromatic rings. The van der Waals surface area contributed by atoms with Gasteiger partial charge in [0.05, 0.1) is 13.2 Å². The van der Waals surface area contributed by atoms with Gasteiger partial charge >= 0.3 is 0 Å². The summed E-state index contributed by atoms with van der Waals surface area (Å²) in [5.74, 6) is 1.50. The number of hydrogen-bond acceptors (Lipinski definition) is 5. The second kappa shape index (κ2) is 7.05. The van der Waals surface area contributed by atoms with Gasteiger partial charge in [-0.25, -0.2) is 0 Å². The van der Waals surface area contributed by atoms with Crippen molar-refractivity contribution in [1.82, 2.24) is 15.0 Å². The van der Waals surface area contributed by atoms with E-state index in [4.69, 9.17) is 9.26 Å². The molecule has 1 aromatic heterocycles. The molecule has 128 valence electrons. The van der Waals surface area contributed by atoms with Gasteiger partial charge in [0.1, 0.15) is 11.5 Å². The maximum absolute atomic E-state index is 12.7. The van der Waals surface area contributed by atoms with Crippen molar-refractivity contribution in [1.29, 1.82) is 0 Å². The molecule has 1 aliphatic rings. The molecule has 1 atom stereocenters. The summed E-state index contributed by atoms with van der Waals surface area (Å²) >= 11 is 0. The van der Waals surface area contributed by atoms with Crippen LogP contribution in [0.1, 0.15) is 34.8 Å². The predicted octanol–water partition coefficient (Wildman–Crippen LogP) is 2.37. The first-order valence-electron chi connectivity index (χ1n) is 8.21. The van der Waals surface area contributed by atoms with E-state index in [1.807, 2.05) is 24.0 Å². The lowest BCUT2D eigenvalue weighted by molar-refractivity contribution is 0.0536. The summed E-state index contributed by atoms with van der Waals surface area (Å²) in [5, 5.41) is 3.91. The Morgan fingerprint density at radius 3 is 2.71 bits per heavy atom. The highest BCUT2D eigenvalue weighted by Gasteiger charge is 2.30. The van der Waals surface area contributed by atoms with Crippen LogP contribution in [0.25, 0.3) is 0 Å². The van der Waals surface area contributed by atoms with Crippen molar-refractivity contribution >= 4 is 5.91 Å². The number of rotatable bonds is 4. The van der Waals surface area contributed by atoms with E-state index in [0.717, 1.165) is 24.5 Å². The standard InChI is InChI=1S/C18H23N3O3/c1-4-14-11-16(19-24-14)18(22)21-10-9-20(2)17(12-21)13-5-7-15(23-3)8-6-13/h5-8,11,17H,4,9-10,12H2,1-3H3. The van der Waals surface area contributed by atoms with Crippen molar-refractivity contribution in [3.63, 3.8) is 0 Å². The Bertz CT molecular complexity index is 696. The van der Waals surface area contributed by atoms with Crippen LogP contribution < -0.4 is 4.74 Å². The first-order valence-corrected chi connectivity index (χ1v) is 8.21. The molecular weight excluding hydrogens is 306 g/mol. The smallest absolute Gasteiger partial charge is 0.276 e. The van der Waals surface area contributed by atoms with Crippen molar-refractivity contribution in [3.8, 4) is 5.75 Å². The fourth-order valence-electron chi connectivity index (χ4n) is 2.99. The second-order valence-electron chi connectivity index (χ2n) is 6.05. The van der Waals surface area contributed by atoms with Gasteiger partial charge in [-0.05, 0) is 24.7 Å². The minimum Gasteiger partial charge on any atom is -0.497 e. The third kappa shape index (κ3) is 3.28. The molecule has 0 radical (unpaired) electrons. The van der Waals surface area contributed by atoms with Crippen LogP contribution in [-0.2, 0) is 6.42 Å². The molecule has 1 aliphatic heterocycles. The van der Waals surface area contributed by atoms with E-state index in [2.05, 4.69) is 29.2 Å². The largest absolute Gasteiger partial charge is 0.497 e. The summed E-state index contributed by atoms with van der Waals surface area (Å²) < 4.78 is 10.4. The zero-order valence-electron chi connectivity index (χ0n) is 14.4. The molecule has 2 heterocycles. The van der Waals surface area contributed by atoms with E-state index < -0.39 is 0 Å². The molecule has 3 rings (SSSR count). The van der Waals surface area contributed by atoms with Crippen molar-refractivity contribution < 1.29 is 14.1 Å².